The van der Waals surface area contributed by atoms with Gasteiger partial charge in [0.15, 0.2) is 13.1 Å². The number of ether oxygens (including phenoxy) is 1. The largest absolute Gasteiger partial charge is 0.477 e. The number of likely N-dealkylation sites (tertiary alicyclic amines) is 1. The van der Waals surface area contributed by atoms with Gasteiger partial charge in [0.05, 0.1) is 30.8 Å². The number of rotatable bonds is 19. The summed E-state index contributed by atoms with van der Waals surface area (Å²) in [6.07, 6.45) is 0.942. The van der Waals surface area contributed by atoms with Gasteiger partial charge in [-0.25, -0.2) is 9.59 Å². The molecule has 0 bridgehead atoms. The second-order valence-corrected chi connectivity index (χ2v) is 13.7. The predicted molar refractivity (Wildman–Crippen MR) is 181 cm³/mol. The third-order valence-corrected chi connectivity index (χ3v) is 9.95. The molecule has 1 N–H and O–H groups in total. The number of quaternary nitrogens is 1. The highest BCUT2D eigenvalue weighted by Gasteiger charge is 2.46. The quantitative estimate of drug-likeness (QED) is 0.0676. The Morgan fingerprint density at radius 2 is 1.37 bits per heavy atom. The van der Waals surface area contributed by atoms with E-state index in [1.54, 1.807) is 30.3 Å². The van der Waals surface area contributed by atoms with Crippen molar-refractivity contribution in [3.8, 4) is 0 Å². The molecule has 1 amide bonds. The number of piperidine rings is 1. The molecule has 0 aromatic heterocycles. The number of carbonyl (C=O) groups excluding carboxylic acids is 2. The lowest BCUT2D eigenvalue weighted by atomic mass is 9.88. The first-order valence-electron chi connectivity index (χ1n) is 17.9. The number of esters is 1. The zero-order valence-corrected chi connectivity index (χ0v) is 29.5. The Hall–Kier alpha value is -3.61. The van der Waals surface area contributed by atoms with Crippen LogP contribution in [0.3, 0.4) is 0 Å². The fourth-order valence-electron chi connectivity index (χ4n) is 7.28. The zero-order chi connectivity index (χ0) is 37.7. The Morgan fingerprint density at radius 1 is 0.824 bits per heavy atom. The molecule has 2 aromatic rings. The van der Waals surface area contributed by atoms with E-state index in [-0.39, 0.29) is 49.4 Å². The summed E-state index contributed by atoms with van der Waals surface area (Å²) < 4.78 is 87.0. The van der Waals surface area contributed by atoms with Gasteiger partial charge in [0.25, 0.3) is 5.91 Å². The molecular formula is C38H51F6N2O5+. The molecule has 0 spiro atoms. The molecule has 1 heterocycles. The second kappa shape index (κ2) is 19.3. The van der Waals surface area contributed by atoms with E-state index >= 15 is 0 Å². The summed E-state index contributed by atoms with van der Waals surface area (Å²) in [6.45, 7) is 1.87. The maximum absolute atomic E-state index is 13.9. The van der Waals surface area contributed by atoms with E-state index in [1.807, 2.05) is 0 Å². The SMILES string of the molecule is CCCCCCCCCCCC[N+](CC(=O)O)(CC(=O)OC)[C@H]1CCN(C(=O)c2cc(C(F)(F)F)cc(C(F)(F)F)c2)[C@H](Cc2ccccc2)C1. The van der Waals surface area contributed by atoms with E-state index in [4.69, 9.17) is 4.74 Å². The molecule has 0 aliphatic carbocycles. The predicted octanol–water partition coefficient (Wildman–Crippen LogP) is 8.94. The number of methoxy groups -OCH3 is 1. The summed E-state index contributed by atoms with van der Waals surface area (Å²) in [7, 11) is 1.22. The Morgan fingerprint density at radius 3 is 1.88 bits per heavy atom. The minimum atomic E-state index is -5.12. The fraction of sp³-hybridized carbons (Fsp3) is 0.605. The lowest BCUT2D eigenvalue weighted by Gasteiger charge is -2.49. The van der Waals surface area contributed by atoms with Crippen LogP contribution >= 0.6 is 0 Å². The number of nitrogens with zero attached hydrogens (tertiary/aromatic N) is 2. The van der Waals surface area contributed by atoms with Crippen molar-refractivity contribution in [2.45, 2.75) is 115 Å². The number of alkyl halides is 6. The van der Waals surface area contributed by atoms with Crippen molar-refractivity contribution in [2.75, 3.05) is 33.3 Å². The van der Waals surface area contributed by atoms with Gasteiger partial charge in [0.2, 0.25) is 0 Å². The van der Waals surface area contributed by atoms with E-state index in [2.05, 4.69) is 6.92 Å². The molecule has 2 aromatic carbocycles. The number of benzene rings is 2. The van der Waals surface area contributed by atoms with Gasteiger partial charge in [-0.15, -0.1) is 0 Å². The van der Waals surface area contributed by atoms with Crippen molar-refractivity contribution < 1.29 is 55.1 Å². The van der Waals surface area contributed by atoms with Crippen LogP contribution in [0.1, 0.15) is 111 Å². The van der Waals surface area contributed by atoms with Crippen molar-refractivity contribution in [2.24, 2.45) is 0 Å². The summed E-state index contributed by atoms with van der Waals surface area (Å²) >= 11 is 0. The van der Waals surface area contributed by atoms with Crippen LogP contribution in [0.15, 0.2) is 48.5 Å². The first kappa shape index (κ1) is 41.8. The molecule has 1 unspecified atom stereocenters. The summed E-state index contributed by atoms with van der Waals surface area (Å²) in [5.74, 6) is -2.69. The average molecular weight is 730 g/mol. The van der Waals surface area contributed by atoms with Crippen molar-refractivity contribution in [3.63, 3.8) is 0 Å². The lowest BCUT2D eigenvalue weighted by Crippen LogP contribution is -2.65. The monoisotopic (exact) mass is 729 g/mol. The van der Waals surface area contributed by atoms with Crippen LogP contribution in [0.4, 0.5) is 26.3 Å². The number of aliphatic carboxylic acids is 1. The van der Waals surface area contributed by atoms with Crippen molar-refractivity contribution >= 4 is 17.8 Å². The highest BCUT2D eigenvalue weighted by atomic mass is 19.4. The number of amides is 1. The van der Waals surface area contributed by atoms with E-state index in [0.29, 0.717) is 25.1 Å². The smallest absolute Gasteiger partial charge is 0.416 e. The molecule has 1 saturated heterocycles. The van der Waals surface area contributed by atoms with Crippen LogP contribution in [-0.4, -0.2) is 77.7 Å². The molecule has 3 atom stereocenters. The number of halogens is 6. The molecule has 1 aliphatic heterocycles. The topological polar surface area (TPSA) is 83.9 Å². The lowest BCUT2D eigenvalue weighted by molar-refractivity contribution is -0.940. The van der Waals surface area contributed by atoms with Gasteiger partial charge in [0.1, 0.15) is 0 Å². The van der Waals surface area contributed by atoms with Gasteiger partial charge < -0.3 is 19.2 Å². The van der Waals surface area contributed by atoms with Crippen molar-refractivity contribution in [1.82, 2.24) is 4.90 Å². The molecule has 0 radical (unpaired) electrons. The number of hydrogen-bond acceptors (Lipinski definition) is 4. The van der Waals surface area contributed by atoms with Gasteiger partial charge in [-0.3, -0.25) is 4.79 Å². The number of carboxylic acid groups (broad SMARTS) is 1. The third kappa shape index (κ3) is 12.8. The standard InChI is InChI=1S/C38H50F6N2O5/c1-3-4-5-6-7-8-9-10-11-15-20-46(26-34(47)48,27-35(49)51-2)33-18-19-45(32(25-33)21-28-16-13-12-14-17-28)36(50)29-22-30(37(39,40)41)24-31(23-29)38(42,43)44/h12-14,16-17,22-24,32-33H,3-11,15,18-21,25-27H2,1-2H3/p+1/t32-,33+,46?/m1/s1. The van der Waals surface area contributed by atoms with Crippen LogP contribution in [0.25, 0.3) is 0 Å². The van der Waals surface area contributed by atoms with Crippen LogP contribution in [0, 0.1) is 0 Å². The van der Waals surface area contributed by atoms with Crippen LogP contribution in [0.5, 0.6) is 0 Å². The van der Waals surface area contributed by atoms with Gasteiger partial charge >= 0.3 is 24.3 Å². The summed E-state index contributed by atoms with van der Waals surface area (Å²) in [4.78, 5) is 40.4. The summed E-state index contributed by atoms with van der Waals surface area (Å²) in [6, 6.07) is 8.65. The highest BCUT2D eigenvalue weighted by molar-refractivity contribution is 5.95. The molecule has 1 aliphatic rings. The number of hydrogen-bond donors (Lipinski definition) is 1. The molecule has 1 fully saturated rings. The minimum absolute atomic E-state index is 0.0113. The molecule has 0 saturated carbocycles. The van der Waals surface area contributed by atoms with Crippen LogP contribution in [-0.2, 0) is 33.1 Å². The maximum Gasteiger partial charge on any atom is 0.416 e. The van der Waals surface area contributed by atoms with E-state index in [0.717, 1.165) is 31.2 Å². The van der Waals surface area contributed by atoms with E-state index in [1.165, 1.54) is 44.1 Å². The summed E-state index contributed by atoms with van der Waals surface area (Å²) in [5.41, 5.74) is -3.12. The Balaban J connectivity index is 1.92. The van der Waals surface area contributed by atoms with Crippen LogP contribution in [0.2, 0.25) is 0 Å². The second-order valence-electron chi connectivity index (χ2n) is 13.7. The highest BCUT2D eigenvalue weighted by Crippen LogP contribution is 2.38. The maximum atomic E-state index is 13.9. The first-order chi connectivity index (χ1) is 24.1. The molecule has 284 valence electrons. The molecule has 7 nitrogen and oxygen atoms in total. The zero-order valence-electron chi connectivity index (χ0n) is 29.5. The number of unbranched alkanes of at least 4 members (excludes halogenated alkanes) is 9. The van der Waals surface area contributed by atoms with Crippen LogP contribution < -0.4 is 0 Å². The Bertz CT molecular complexity index is 1390. The number of carbonyl (C=O) groups is 3. The van der Waals surface area contributed by atoms with Gasteiger partial charge in [-0.1, -0.05) is 88.6 Å². The minimum Gasteiger partial charge on any atom is -0.477 e. The van der Waals surface area contributed by atoms with Crippen molar-refractivity contribution in [3.05, 3.63) is 70.8 Å². The number of carboxylic acids is 1. The molecular weight excluding hydrogens is 678 g/mol. The van der Waals surface area contributed by atoms with E-state index < -0.39 is 59.0 Å². The Kier molecular flexibility index (Phi) is 15.8. The molecule has 51 heavy (non-hydrogen) atoms. The molecule has 13 heteroatoms. The fourth-order valence-corrected chi connectivity index (χ4v) is 7.28. The first-order valence-corrected chi connectivity index (χ1v) is 17.9. The van der Waals surface area contributed by atoms with Gasteiger partial charge in [-0.2, -0.15) is 26.3 Å². The van der Waals surface area contributed by atoms with Gasteiger partial charge in [0, 0.05) is 31.0 Å². The van der Waals surface area contributed by atoms with E-state index in [9.17, 15) is 45.8 Å². The third-order valence-electron chi connectivity index (χ3n) is 9.95. The normalized spacial score (nSPS) is 17.9. The molecule has 3 rings (SSSR count). The Labute approximate surface area is 296 Å². The average Bonchev–Trinajstić information content (AvgIpc) is 3.07. The van der Waals surface area contributed by atoms with Gasteiger partial charge in [-0.05, 0) is 43.0 Å². The van der Waals surface area contributed by atoms with Crippen molar-refractivity contribution in [1.29, 1.82) is 0 Å². The summed E-state index contributed by atoms with van der Waals surface area (Å²) in [5, 5.41) is 10.1.